The molecule has 0 aliphatic carbocycles. The monoisotopic (exact) mass is 306 g/mol. The van der Waals surface area contributed by atoms with Crippen molar-refractivity contribution in [2.75, 3.05) is 6.54 Å². The molecule has 0 unspecified atom stereocenters. The van der Waals surface area contributed by atoms with Gasteiger partial charge in [0.25, 0.3) is 0 Å². The Morgan fingerprint density at radius 1 is 1.32 bits per heavy atom. The zero-order valence-corrected chi connectivity index (χ0v) is 12.9. The fourth-order valence-corrected chi connectivity index (χ4v) is 2.95. The molecule has 22 heavy (non-hydrogen) atoms. The van der Waals surface area contributed by atoms with E-state index in [1.807, 2.05) is 6.07 Å². The van der Waals surface area contributed by atoms with Gasteiger partial charge in [0.1, 0.15) is 11.6 Å². The summed E-state index contributed by atoms with van der Waals surface area (Å²) in [5.74, 6) is 0.354. The van der Waals surface area contributed by atoms with Crippen molar-refractivity contribution in [3.8, 4) is 0 Å². The summed E-state index contributed by atoms with van der Waals surface area (Å²) in [6.45, 7) is 5.36. The molecule has 0 radical (unpaired) electrons. The first-order valence-electron chi connectivity index (χ1n) is 7.69. The summed E-state index contributed by atoms with van der Waals surface area (Å²) in [4.78, 5) is 2.13. The fraction of sp³-hybridized carbons (Fsp3) is 0.471. The first kappa shape index (κ1) is 15.2. The van der Waals surface area contributed by atoms with E-state index in [1.165, 1.54) is 12.1 Å². The molecule has 0 amide bonds. The summed E-state index contributed by atoms with van der Waals surface area (Å²) in [6, 6.07) is 5.66. The summed E-state index contributed by atoms with van der Waals surface area (Å²) in [7, 11) is 0. The average molecular weight is 306 g/mol. The molecule has 0 saturated carbocycles. The summed E-state index contributed by atoms with van der Waals surface area (Å²) in [6.07, 6.45) is 1.96. The molecule has 1 aliphatic rings. The van der Waals surface area contributed by atoms with Crippen LogP contribution >= 0.6 is 0 Å². The number of likely N-dealkylation sites (tertiary alicyclic amines) is 1. The Labute approximate surface area is 128 Å². The molecule has 0 spiro atoms. The highest BCUT2D eigenvalue weighted by Crippen LogP contribution is 2.34. The largest absolute Gasteiger partial charge is 0.359 e. The maximum Gasteiger partial charge on any atom is 0.154 e. The average Bonchev–Trinajstić information content (AvgIpc) is 3.11. The Morgan fingerprint density at radius 3 is 2.86 bits per heavy atom. The Morgan fingerprint density at radius 2 is 2.14 bits per heavy atom. The van der Waals surface area contributed by atoms with Gasteiger partial charge in [-0.2, -0.15) is 0 Å². The Bertz CT molecular complexity index is 654. The van der Waals surface area contributed by atoms with E-state index in [9.17, 15) is 8.78 Å². The third kappa shape index (κ3) is 3.04. The highest BCUT2D eigenvalue weighted by molar-refractivity contribution is 5.20. The van der Waals surface area contributed by atoms with Gasteiger partial charge in [-0.25, -0.2) is 8.78 Å². The molecule has 0 bridgehead atoms. The summed E-state index contributed by atoms with van der Waals surface area (Å²) in [5, 5.41) is 4.10. The van der Waals surface area contributed by atoms with Gasteiger partial charge in [-0.15, -0.1) is 0 Å². The topological polar surface area (TPSA) is 29.3 Å². The van der Waals surface area contributed by atoms with E-state index >= 15 is 0 Å². The second-order valence-electron chi connectivity index (χ2n) is 6.17. The Balaban J connectivity index is 1.79. The zero-order valence-electron chi connectivity index (χ0n) is 12.9. The highest BCUT2D eigenvalue weighted by Gasteiger charge is 2.30. The van der Waals surface area contributed by atoms with Crippen LogP contribution in [0.5, 0.6) is 0 Å². The van der Waals surface area contributed by atoms with Crippen molar-refractivity contribution >= 4 is 0 Å². The number of nitrogens with zero attached hydrogens (tertiary/aromatic N) is 2. The van der Waals surface area contributed by atoms with Crippen LogP contribution in [-0.2, 0) is 6.54 Å². The lowest BCUT2D eigenvalue weighted by atomic mass is 10.1. The van der Waals surface area contributed by atoms with Gasteiger partial charge in [0.15, 0.2) is 5.76 Å². The molecule has 5 heteroatoms. The number of halogens is 2. The second kappa shape index (κ2) is 6.16. The lowest BCUT2D eigenvalue weighted by molar-refractivity contribution is 0.204. The zero-order chi connectivity index (χ0) is 15.7. The Hall–Kier alpha value is -1.75. The predicted molar refractivity (Wildman–Crippen MR) is 79.3 cm³/mol. The van der Waals surface area contributed by atoms with Crippen molar-refractivity contribution in [1.29, 1.82) is 0 Å². The molecule has 1 aromatic carbocycles. The van der Waals surface area contributed by atoms with Crippen molar-refractivity contribution in [1.82, 2.24) is 10.1 Å². The summed E-state index contributed by atoms with van der Waals surface area (Å²) < 4.78 is 32.6. The van der Waals surface area contributed by atoms with E-state index < -0.39 is 5.82 Å². The molecular weight excluding hydrogens is 286 g/mol. The molecule has 1 fully saturated rings. The molecule has 1 aromatic heterocycles. The molecular formula is C17H20F2N2O. The van der Waals surface area contributed by atoms with Crippen molar-refractivity contribution in [2.45, 2.75) is 45.2 Å². The van der Waals surface area contributed by atoms with Crippen LogP contribution in [0.25, 0.3) is 0 Å². The number of hydrogen-bond acceptors (Lipinski definition) is 3. The lowest BCUT2D eigenvalue weighted by Crippen LogP contribution is -2.23. The van der Waals surface area contributed by atoms with E-state index in [0.29, 0.717) is 18.0 Å². The minimum atomic E-state index is -0.408. The third-order valence-electron chi connectivity index (χ3n) is 4.21. The number of benzene rings is 1. The quantitative estimate of drug-likeness (QED) is 0.837. The number of rotatable bonds is 4. The van der Waals surface area contributed by atoms with Crippen molar-refractivity contribution in [2.24, 2.45) is 0 Å². The van der Waals surface area contributed by atoms with E-state index in [2.05, 4.69) is 23.9 Å². The smallest absolute Gasteiger partial charge is 0.154 e. The first-order chi connectivity index (χ1) is 10.5. The summed E-state index contributed by atoms with van der Waals surface area (Å²) >= 11 is 0. The van der Waals surface area contributed by atoms with Gasteiger partial charge >= 0.3 is 0 Å². The lowest BCUT2D eigenvalue weighted by Gasteiger charge is -2.22. The molecule has 3 nitrogen and oxygen atoms in total. The minimum Gasteiger partial charge on any atom is -0.359 e. The van der Waals surface area contributed by atoms with Gasteiger partial charge in [0, 0.05) is 18.2 Å². The maximum atomic E-state index is 13.8. The molecule has 118 valence electrons. The van der Waals surface area contributed by atoms with E-state index in [1.54, 1.807) is 0 Å². The normalized spacial score (nSPS) is 19.2. The van der Waals surface area contributed by atoms with Gasteiger partial charge in [-0.1, -0.05) is 19.0 Å². The predicted octanol–water partition coefficient (Wildman–Crippen LogP) is 4.41. The van der Waals surface area contributed by atoms with Crippen LogP contribution in [0.1, 0.15) is 55.7 Å². The van der Waals surface area contributed by atoms with Crippen LogP contribution in [0.4, 0.5) is 8.78 Å². The summed E-state index contributed by atoms with van der Waals surface area (Å²) in [5.41, 5.74) is 1.31. The second-order valence-corrected chi connectivity index (χ2v) is 6.17. The van der Waals surface area contributed by atoms with Crippen LogP contribution in [0.15, 0.2) is 28.8 Å². The number of hydrogen-bond donors (Lipinski definition) is 0. The fourth-order valence-electron chi connectivity index (χ4n) is 2.95. The minimum absolute atomic E-state index is 0.0858. The SMILES string of the molecule is CC(C)c1cc([C@@H]2CCCN2Cc2cc(F)ccc2F)on1. The number of aromatic nitrogens is 1. The van der Waals surface area contributed by atoms with Gasteiger partial charge in [-0.3, -0.25) is 4.90 Å². The molecule has 1 saturated heterocycles. The van der Waals surface area contributed by atoms with Crippen LogP contribution in [0.2, 0.25) is 0 Å². The Kier molecular flexibility index (Phi) is 4.25. The maximum absolute atomic E-state index is 13.8. The highest BCUT2D eigenvalue weighted by atomic mass is 19.1. The van der Waals surface area contributed by atoms with Gasteiger partial charge in [0.2, 0.25) is 0 Å². The molecule has 1 aliphatic heterocycles. The van der Waals surface area contributed by atoms with Crippen LogP contribution in [0.3, 0.4) is 0 Å². The van der Waals surface area contributed by atoms with E-state index in [4.69, 9.17) is 4.52 Å². The molecule has 3 rings (SSSR count). The van der Waals surface area contributed by atoms with Gasteiger partial charge in [-0.05, 0) is 43.5 Å². The van der Waals surface area contributed by atoms with Crippen LogP contribution < -0.4 is 0 Å². The molecule has 0 N–H and O–H groups in total. The van der Waals surface area contributed by atoms with Gasteiger partial charge in [0.05, 0.1) is 11.7 Å². The molecule has 2 heterocycles. The van der Waals surface area contributed by atoms with Crippen molar-refractivity contribution in [3.05, 3.63) is 52.9 Å². The molecule has 2 aromatic rings. The van der Waals surface area contributed by atoms with Crippen molar-refractivity contribution < 1.29 is 13.3 Å². The first-order valence-corrected chi connectivity index (χ1v) is 7.69. The standard InChI is InChI=1S/C17H20F2N2O/c1-11(2)15-9-17(22-20-15)16-4-3-7-21(16)10-12-8-13(18)5-6-14(12)19/h5-6,8-9,11,16H,3-4,7,10H2,1-2H3/t16-/m0/s1. The van der Waals surface area contributed by atoms with E-state index in [0.717, 1.165) is 36.9 Å². The van der Waals surface area contributed by atoms with Crippen LogP contribution in [-0.4, -0.2) is 16.6 Å². The van der Waals surface area contributed by atoms with Crippen molar-refractivity contribution in [3.63, 3.8) is 0 Å². The van der Waals surface area contributed by atoms with Crippen LogP contribution in [0, 0.1) is 11.6 Å². The molecule has 1 atom stereocenters. The third-order valence-corrected chi connectivity index (χ3v) is 4.21. The van der Waals surface area contributed by atoms with Gasteiger partial charge < -0.3 is 4.52 Å². The van der Waals surface area contributed by atoms with E-state index in [-0.39, 0.29) is 11.9 Å².